The third-order valence-corrected chi connectivity index (χ3v) is 7.68. The highest BCUT2D eigenvalue weighted by atomic mass is 32.1. The van der Waals surface area contributed by atoms with Crippen LogP contribution in [0.15, 0.2) is 122 Å². The standard InChI is InChI=1S/C34H32N6O2S/c1-38(2)25-17-19-26(20-18-25)39-22-8-12-30(39)33-32(29-11-6-7-21-35-29)37-34(43)40(33)27-15-13-24(14-16-27)36-31(41)23-42-28-9-4-3-5-10-28/h3-22,32-33H,23H2,1-2H3,(H,36,41)(H,37,43). The van der Waals surface area contributed by atoms with Crippen molar-refractivity contribution in [1.29, 1.82) is 0 Å². The van der Waals surface area contributed by atoms with Crippen molar-refractivity contribution >= 4 is 40.3 Å². The van der Waals surface area contributed by atoms with Crippen molar-refractivity contribution < 1.29 is 9.53 Å². The molecule has 2 aromatic heterocycles. The van der Waals surface area contributed by atoms with Gasteiger partial charge >= 0.3 is 0 Å². The van der Waals surface area contributed by atoms with Gasteiger partial charge in [0, 0.05) is 54.9 Å². The number of benzene rings is 3. The molecule has 9 heteroatoms. The Kier molecular flexibility index (Phi) is 8.06. The Morgan fingerprint density at radius 3 is 2.33 bits per heavy atom. The lowest BCUT2D eigenvalue weighted by atomic mass is 10.0. The minimum absolute atomic E-state index is 0.0771. The quantitative estimate of drug-likeness (QED) is 0.201. The Morgan fingerprint density at radius 2 is 1.63 bits per heavy atom. The van der Waals surface area contributed by atoms with E-state index >= 15 is 0 Å². The topological polar surface area (TPSA) is 74.7 Å². The van der Waals surface area contributed by atoms with Gasteiger partial charge in [0.15, 0.2) is 11.7 Å². The fourth-order valence-electron chi connectivity index (χ4n) is 5.28. The molecule has 1 fully saturated rings. The third-order valence-electron chi connectivity index (χ3n) is 7.37. The van der Waals surface area contributed by atoms with Crippen molar-refractivity contribution in [1.82, 2.24) is 14.9 Å². The normalized spacial score (nSPS) is 16.0. The van der Waals surface area contributed by atoms with Crippen LogP contribution in [-0.4, -0.2) is 41.3 Å². The van der Waals surface area contributed by atoms with Crippen LogP contribution < -0.4 is 25.2 Å². The highest BCUT2D eigenvalue weighted by Gasteiger charge is 2.42. The number of amides is 1. The number of anilines is 3. The van der Waals surface area contributed by atoms with E-state index in [1.165, 1.54) is 0 Å². The van der Waals surface area contributed by atoms with Crippen molar-refractivity contribution in [3.63, 3.8) is 0 Å². The average Bonchev–Trinajstić information content (AvgIpc) is 3.66. The first-order chi connectivity index (χ1) is 21.0. The van der Waals surface area contributed by atoms with Gasteiger partial charge in [-0.25, -0.2) is 0 Å². The molecule has 216 valence electrons. The molecule has 1 saturated heterocycles. The summed E-state index contributed by atoms with van der Waals surface area (Å²) >= 11 is 5.93. The van der Waals surface area contributed by atoms with E-state index in [2.05, 4.69) is 72.6 Å². The summed E-state index contributed by atoms with van der Waals surface area (Å²) in [6.45, 7) is -0.0771. The Labute approximate surface area is 256 Å². The molecule has 1 aliphatic heterocycles. The second-order valence-electron chi connectivity index (χ2n) is 10.4. The number of ether oxygens (including phenoxy) is 1. The van der Waals surface area contributed by atoms with E-state index in [1.807, 2.05) is 86.9 Å². The maximum atomic E-state index is 12.5. The summed E-state index contributed by atoms with van der Waals surface area (Å²) < 4.78 is 7.78. The van der Waals surface area contributed by atoms with E-state index in [4.69, 9.17) is 17.0 Å². The van der Waals surface area contributed by atoms with E-state index in [-0.39, 0.29) is 24.6 Å². The number of hydrogen-bond donors (Lipinski definition) is 2. The number of nitrogens with zero attached hydrogens (tertiary/aromatic N) is 4. The van der Waals surface area contributed by atoms with Crippen LogP contribution in [-0.2, 0) is 4.79 Å². The molecule has 43 heavy (non-hydrogen) atoms. The van der Waals surface area contributed by atoms with E-state index in [0.717, 1.165) is 28.5 Å². The number of thiocarbonyl (C=S) groups is 1. The Balaban J connectivity index is 1.28. The molecule has 8 nitrogen and oxygen atoms in total. The van der Waals surface area contributed by atoms with Gasteiger partial charge in [0.05, 0.1) is 11.7 Å². The van der Waals surface area contributed by atoms with Crippen molar-refractivity contribution in [3.05, 3.63) is 133 Å². The Morgan fingerprint density at radius 1 is 0.907 bits per heavy atom. The molecule has 5 aromatic rings. The molecule has 0 aliphatic carbocycles. The molecule has 6 rings (SSSR count). The average molecular weight is 589 g/mol. The van der Waals surface area contributed by atoms with E-state index in [0.29, 0.717) is 16.5 Å². The number of nitrogens with one attached hydrogen (secondary N) is 2. The van der Waals surface area contributed by atoms with E-state index < -0.39 is 0 Å². The van der Waals surface area contributed by atoms with E-state index in [1.54, 1.807) is 6.20 Å². The highest BCUT2D eigenvalue weighted by Crippen LogP contribution is 2.42. The molecule has 2 atom stereocenters. The zero-order valence-electron chi connectivity index (χ0n) is 23.9. The summed E-state index contributed by atoms with van der Waals surface area (Å²) in [6, 6.07) is 35.2. The minimum Gasteiger partial charge on any atom is -0.484 e. The maximum absolute atomic E-state index is 12.5. The summed E-state index contributed by atoms with van der Waals surface area (Å²) in [6.07, 6.45) is 3.88. The van der Waals surface area contributed by atoms with Crippen molar-refractivity contribution in [3.8, 4) is 11.4 Å². The summed E-state index contributed by atoms with van der Waals surface area (Å²) in [5.74, 6) is 0.413. The molecule has 2 unspecified atom stereocenters. The van der Waals surface area contributed by atoms with Gasteiger partial charge in [0.1, 0.15) is 11.8 Å². The summed E-state index contributed by atoms with van der Waals surface area (Å²) in [4.78, 5) is 21.4. The summed E-state index contributed by atoms with van der Waals surface area (Å²) in [7, 11) is 4.07. The molecule has 0 radical (unpaired) electrons. The first-order valence-electron chi connectivity index (χ1n) is 14.0. The van der Waals surface area contributed by atoms with Gasteiger partial charge in [-0.2, -0.15) is 0 Å². The first kappa shape index (κ1) is 28.0. The molecule has 0 saturated carbocycles. The van der Waals surface area contributed by atoms with Crippen molar-refractivity contribution in [2.24, 2.45) is 0 Å². The lowest BCUT2D eigenvalue weighted by molar-refractivity contribution is -0.118. The fourth-order valence-corrected chi connectivity index (χ4v) is 5.63. The largest absolute Gasteiger partial charge is 0.484 e. The van der Waals surface area contributed by atoms with Crippen LogP contribution in [0.1, 0.15) is 23.5 Å². The van der Waals surface area contributed by atoms with Crippen molar-refractivity contribution in [2.75, 3.05) is 35.8 Å². The molecule has 3 aromatic carbocycles. The molecule has 0 bridgehead atoms. The van der Waals surface area contributed by atoms with Crippen LogP contribution in [0.3, 0.4) is 0 Å². The minimum atomic E-state index is -0.235. The smallest absolute Gasteiger partial charge is 0.262 e. The van der Waals surface area contributed by atoms with Crippen LogP contribution in [0.5, 0.6) is 5.75 Å². The van der Waals surface area contributed by atoms with Gasteiger partial charge in [-0.05, 0) is 97.1 Å². The predicted molar refractivity (Wildman–Crippen MR) is 175 cm³/mol. The van der Waals surface area contributed by atoms with Gasteiger partial charge < -0.3 is 29.7 Å². The number of aromatic nitrogens is 2. The molecule has 1 amide bonds. The summed E-state index contributed by atoms with van der Waals surface area (Å²) in [5, 5.41) is 7.04. The number of carbonyl (C=O) groups excluding carboxylic acids is 1. The molecule has 3 heterocycles. The Bertz CT molecular complexity index is 1690. The van der Waals surface area contributed by atoms with Crippen LogP contribution in [0.4, 0.5) is 17.1 Å². The first-order valence-corrected chi connectivity index (χ1v) is 14.4. The molecular formula is C34H32N6O2S. The van der Waals surface area contributed by atoms with Crippen molar-refractivity contribution in [2.45, 2.75) is 12.1 Å². The van der Waals surface area contributed by atoms with Gasteiger partial charge in [-0.3, -0.25) is 9.78 Å². The van der Waals surface area contributed by atoms with Gasteiger partial charge in [0.25, 0.3) is 5.91 Å². The van der Waals surface area contributed by atoms with Gasteiger partial charge in [-0.15, -0.1) is 0 Å². The molecule has 1 aliphatic rings. The lowest BCUT2D eigenvalue weighted by Crippen LogP contribution is -2.30. The second-order valence-corrected chi connectivity index (χ2v) is 10.8. The number of hydrogen-bond acceptors (Lipinski definition) is 5. The van der Waals surface area contributed by atoms with Crippen LogP contribution in [0.25, 0.3) is 5.69 Å². The Hall–Kier alpha value is -5.15. The number of para-hydroxylation sites is 1. The highest BCUT2D eigenvalue weighted by molar-refractivity contribution is 7.80. The monoisotopic (exact) mass is 588 g/mol. The van der Waals surface area contributed by atoms with Crippen LogP contribution in [0.2, 0.25) is 0 Å². The van der Waals surface area contributed by atoms with Gasteiger partial charge in [0.2, 0.25) is 0 Å². The van der Waals surface area contributed by atoms with Gasteiger partial charge in [-0.1, -0.05) is 24.3 Å². The zero-order valence-corrected chi connectivity index (χ0v) is 24.7. The maximum Gasteiger partial charge on any atom is 0.262 e. The predicted octanol–water partition coefficient (Wildman–Crippen LogP) is 6.13. The lowest BCUT2D eigenvalue weighted by Gasteiger charge is -2.29. The number of rotatable bonds is 9. The second kappa shape index (κ2) is 12.4. The van der Waals surface area contributed by atoms with E-state index in [9.17, 15) is 4.79 Å². The van der Waals surface area contributed by atoms with Crippen LogP contribution >= 0.6 is 12.2 Å². The molecule has 0 spiro atoms. The van der Waals surface area contributed by atoms with Crippen LogP contribution in [0, 0.1) is 0 Å². The zero-order chi connectivity index (χ0) is 29.8. The SMILES string of the molecule is CN(C)c1ccc(-n2cccc2C2C(c3ccccn3)NC(=S)N2c2ccc(NC(=O)COc3ccccc3)cc2)cc1. The number of pyridine rings is 1. The number of carbonyl (C=O) groups is 1. The molecular weight excluding hydrogens is 556 g/mol. The third kappa shape index (κ3) is 6.07. The molecule has 2 N–H and O–H groups in total. The summed E-state index contributed by atoms with van der Waals surface area (Å²) in [5.41, 5.74) is 5.72. The fraction of sp³-hybridized carbons (Fsp3) is 0.147.